The second-order valence-corrected chi connectivity index (χ2v) is 3.75. The van der Waals surface area contributed by atoms with Gasteiger partial charge in [0.15, 0.2) is 0 Å². The topological polar surface area (TPSA) is 35.5 Å². The lowest BCUT2D eigenvalue weighted by molar-refractivity contribution is -0.146. The maximum Gasteiger partial charge on any atom is 0.312 e. The largest absolute Gasteiger partial charge is 0.493 e. The Kier molecular flexibility index (Phi) is 4.83. The lowest BCUT2D eigenvalue weighted by atomic mass is 10.1. The minimum Gasteiger partial charge on any atom is -0.493 e. The molecule has 16 heavy (non-hydrogen) atoms. The number of rotatable bonds is 5. The first-order valence-corrected chi connectivity index (χ1v) is 5.44. The number of carbonyl (C=O) groups is 1. The molecule has 0 aliphatic rings. The van der Waals surface area contributed by atoms with Gasteiger partial charge in [0, 0.05) is 0 Å². The first-order valence-electron chi connectivity index (χ1n) is 5.44. The summed E-state index contributed by atoms with van der Waals surface area (Å²) in [6, 6.07) is 7.77. The molecule has 0 N–H and O–H groups in total. The van der Waals surface area contributed by atoms with Crippen LogP contribution in [0.1, 0.15) is 18.9 Å². The molecule has 0 radical (unpaired) electrons. The summed E-state index contributed by atoms with van der Waals surface area (Å²) in [5, 5.41) is 0. The van der Waals surface area contributed by atoms with Gasteiger partial charge in [-0.25, -0.2) is 0 Å². The number of benzene rings is 1. The smallest absolute Gasteiger partial charge is 0.312 e. The number of aryl methyl sites for hydroxylation is 1. The van der Waals surface area contributed by atoms with Crippen molar-refractivity contribution in [3.05, 3.63) is 29.8 Å². The fraction of sp³-hybridized carbons (Fsp3) is 0.462. The summed E-state index contributed by atoms with van der Waals surface area (Å²) in [5.74, 6) is 0.383. The number of ether oxygens (including phenoxy) is 2. The molecule has 1 rings (SSSR count). The van der Waals surface area contributed by atoms with E-state index in [2.05, 4.69) is 0 Å². The lowest BCUT2D eigenvalue weighted by Crippen LogP contribution is -2.22. The van der Waals surface area contributed by atoms with E-state index in [9.17, 15) is 4.79 Å². The predicted octanol–water partition coefficient (Wildman–Crippen LogP) is 2.57. The first-order chi connectivity index (χ1) is 7.67. The van der Waals surface area contributed by atoms with Crippen molar-refractivity contribution in [2.24, 2.45) is 5.92 Å². The molecule has 0 aliphatic heterocycles. The number of esters is 1. The minimum absolute atomic E-state index is 0.189. The molecule has 1 atom stereocenters. The highest BCUT2D eigenvalue weighted by Gasteiger charge is 2.17. The Morgan fingerprint density at radius 2 is 1.94 bits per heavy atom. The molecule has 3 heteroatoms. The van der Waals surface area contributed by atoms with Gasteiger partial charge in [-0.1, -0.05) is 24.6 Å². The SMILES string of the molecule is CCC(COc1ccc(C)cc1)C(=O)OC. The Labute approximate surface area is 96.4 Å². The summed E-state index contributed by atoms with van der Waals surface area (Å²) in [4.78, 5) is 11.3. The van der Waals surface area contributed by atoms with E-state index >= 15 is 0 Å². The van der Waals surface area contributed by atoms with Gasteiger partial charge in [0.05, 0.1) is 13.0 Å². The van der Waals surface area contributed by atoms with E-state index in [0.29, 0.717) is 6.61 Å². The third-order valence-electron chi connectivity index (χ3n) is 2.50. The van der Waals surface area contributed by atoms with Crippen LogP contribution in [0.4, 0.5) is 0 Å². The maximum absolute atomic E-state index is 11.3. The van der Waals surface area contributed by atoms with Gasteiger partial charge in [0.2, 0.25) is 0 Å². The van der Waals surface area contributed by atoms with E-state index in [1.54, 1.807) is 0 Å². The number of methoxy groups -OCH3 is 1. The predicted molar refractivity (Wildman–Crippen MR) is 62.5 cm³/mol. The van der Waals surface area contributed by atoms with Gasteiger partial charge in [-0.05, 0) is 25.5 Å². The zero-order chi connectivity index (χ0) is 12.0. The molecule has 1 aromatic carbocycles. The molecule has 3 nitrogen and oxygen atoms in total. The van der Waals surface area contributed by atoms with Crippen molar-refractivity contribution < 1.29 is 14.3 Å². The summed E-state index contributed by atoms with van der Waals surface area (Å²) >= 11 is 0. The summed E-state index contributed by atoms with van der Waals surface area (Å²) in [5.41, 5.74) is 1.19. The van der Waals surface area contributed by atoms with Gasteiger partial charge in [0.1, 0.15) is 12.4 Å². The molecule has 88 valence electrons. The summed E-state index contributed by atoms with van der Waals surface area (Å²) in [6.07, 6.45) is 0.721. The molecule has 0 bridgehead atoms. The zero-order valence-electron chi connectivity index (χ0n) is 10.0. The van der Waals surface area contributed by atoms with Crippen LogP contribution in [0.15, 0.2) is 24.3 Å². The van der Waals surface area contributed by atoms with Crippen molar-refractivity contribution in [1.29, 1.82) is 0 Å². The van der Waals surface area contributed by atoms with Crippen molar-refractivity contribution >= 4 is 5.97 Å². The van der Waals surface area contributed by atoms with Crippen molar-refractivity contribution in [2.75, 3.05) is 13.7 Å². The van der Waals surface area contributed by atoms with Crippen LogP contribution in [0.3, 0.4) is 0 Å². The molecule has 0 saturated heterocycles. The highest BCUT2D eigenvalue weighted by Crippen LogP contribution is 2.14. The molecule has 1 unspecified atom stereocenters. The average Bonchev–Trinajstić information content (AvgIpc) is 2.31. The molecule has 0 aromatic heterocycles. The molecule has 1 aromatic rings. The Balaban J connectivity index is 2.49. The lowest BCUT2D eigenvalue weighted by Gasteiger charge is -2.13. The van der Waals surface area contributed by atoms with Crippen LogP contribution in [-0.2, 0) is 9.53 Å². The fourth-order valence-corrected chi connectivity index (χ4v) is 1.35. The quantitative estimate of drug-likeness (QED) is 0.718. The van der Waals surface area contributed by atoms with Gasteiger partial charge in [-0.15, -0.1) is 0 Å². The highest BCUT2D eigenvalue weighted by atomic mass is 16.5. The van der Waals surface area contributed by atoms with Crippen LogP contribution in [0.25, 0.3) is 0 Å². The minimum atomic E-state index is -0.213. The molecule has 0 heterocycles. The molecule has 0 amide bonds. The number of hydrogen-bond acceptors (Lipinski definition) is 3. The fourth-order valence-electron chi connectivity index (χ4n) is 1.35. The molecule has 0 fully saturated rings. The van der Waals surface area contributed by atoms with Crippen LogP contribution in [0.5, 0.6) is 5.75 Å². The summed E-state index contributed by atoms with van der Waals surface area (Å²) in [7, 11) is 1.40. The van der Waals surface area contributed by atoms with E-state index in [4.69, 9.17) is 9.47 Å². The summed E-state index contributed by atoms with van der Waals surface area (Å²) < 4.78 is 10.2. The van der Waals surface area contributed by atoms with E-state index < -0.39 is 0 Å². The third-order valence-corrected chi connectivity index (χ3v) is 2.50. The zero-order valence-corrected chi connectivity index (χ0v) is 10.0. The number of hydrogen-bond donors (Lipinski definition) is 0. The van der Waals surface area contributed by atoms with Crippen LogP contribution in [0, 0.1) is 12.8 Å². The second kappa shape index (κ2) is 6.16. The highest BCUT2D eigenvalue weighted by molar-refractivity contribution is 5.72. The Morgan fingerprint density at radius 3 is 2.44 bits per heavy atom. The van der Waals surface area contributed by atoms with Crippen LogP contribution < -0.4 is 4.74 Å². The Hall–Kier alpha value is -1.51. The molecular weight excluding hydrogens is 204 g/mol. The van der Waals surface area contributed by atoms with Gasteiger partial charge < -0.3 is 9.47 Å². The Bertz CT molecular complexity index is 330. The molecule has 0 aliphatic carbocycles. The van der Waals surface area contributed by atoms with Gasteiger partial charge in [0.25, 0.3) is 0 Å². The second-order valence-electron chi connectivity index (χ2n) is 3.75. The van der Waals surface area contributed by atoms with Crippen molar-refractivity contribution in [3.8, 4) is 5.75 Å². The van der Waals surface area contributed by atoms with E-state index in [1.807, 2.05) is 38.1 Å². The standard InChI is InChI=1S/C13H18O3/c1-4-11(13(14)15-3)9-16-12-7-5-10(2)6-8-12/h5-8,11H,4,9H2,1-3H3. The Morgan fingerprint density at radius 1 is 1.31 bits per heavy atom. The van der Waals surface area contributed by atoms with E-state index in [-0.39, 0.29) is 11.9 Å². The number of carbonyl (C=O) groups excluding carboxylic acids is 1. The van der Waals surface area contributed by atoms with Crippen molar-refractivity contribution in [1.82, 2.24) is 0 Å². The van der Waals surface area contributed by atoms with Crippen LogP contribution >= 0.6 is 0 Å². The van der Waals surface area contributed by atoms with Gasteiger partial charge in [-0.2, -0.15) is 0 Å². The molecule has 0 saturated carbocycles. The van der Waals surface area contributed by atoms with Crippen LogP contribution in [-0.4, -0.2) is 19.7 Å². The maximum atomic E-state index is 11.3. The summed E-state index contributed by atoms with van der Waals surface area (Å²) in [6.45, 7) is 4.33. The van der Waals surface area contributed by atoms with E-state index in [1.165, 1.54) is 12.7 Å². The molecule has 0 spiro atoms. The van der Waals surface area contributed by atoms with E-state index in [0.717, 1.165) is 12.2 Å². The first kappa shape index (κ1) is 12.6. The van der Waals surface area contributed by atoms with Crippen LogP contribution in [0.2, 0.25) is 0 Å². The normalized spacial score (nSPS) is 11.9. The monoisotopic (exact) mass is 222 g/mol. The third kappa shape index (κ3) is 3.57. The molecular formula is C13H18O3. The van der Waals surface area contributed by atoms with Gasteiger partial charge in [-0.3, -0.25) is 4.79 Å². The average molecular weight is 222 g/mol. The van der Waals surface area contributed by atoms with Crippen molar-refractivity contribution in [2.45, 2.75) is 20.3 Å². The van der Waals surface area contributed by atoms with Crippen molar-refractivity contribution in [3.63, 3.8) is 0 Å². The van der Waals surface area contributed by atoms with Gasteiger partial charge >= 0.3 is 5.97 Å².